The number of para-hydroxylation sites is 1. The third-order valence-electron chi connectivity index (χ3n) is 10.5. The standard InChI is InChI=1S/C25H27N3O3S.C24H28N2O3S/c1-15(2)23-22(18-8-5-9-20(13-18)31-3)28-25(32-23)27-14-19(24(29)30)12-17-7-4-6-16-10-11-26-21(16)17;1-16(2)22-21(18-10-7-11-20(14-18)29-3)26-24(30-22)25-15-19(23(27)28)13-12-17-8-5-4-6-9-17/h4-11,13,15,19,26H,12,14H2,1-3H3,(H,27,28)(H,29,30);4-11,14,16,19H,12-13,15H2,1-3H3,(H,25,26)(H,27,28). The number of nitrogens with one attached hydrogen (secondary N) is 3. The van der Waals surface area contributed by atoms with Crippen LogP contribution in [0.2, 0.25) is 0 Å². The van der Waals surface area contributed by atoms with E-state index >= 15 is 0 Å². The van der Waals surface area contributed by atoms with Gasteiger partial charge in [-0.25, -0.2) is 9.97 Å². The fourth-order valence-corrected chi connectivity index (χ4v) is 9.10. The van der Waals surface area contributed by atoms with Crippen LogP contribution in [-0.4, -0.2) is 64.4 Å². The maximum absolute atomic E-state index is 12.0. The molecular formula is C49H55N5O6S2. The molecule has 62 heavy (non-hydrogen) atoms. The van der Waals surface area contributed by atoms with E-state index in [1.54, 1.807) is 36.9 Å². The fraction of sp³-hybridized carbons (Fsp3) is 0.306. The van der Waals surface area contributed by atoms with Gasteiger partial charge in [0.1, 0.15) is 11.5 Å². The maximum atomic E-state index is 12.0. The van der Waals surface area contributed by atoms with Gasteiger partial charge < -0.3 is 35.3 Å². The third kappa shape index (κ3) is 11.8. The second kappa shape index (κ2) is 21.6. The number of carboxylic acids is 2. The summed E-state index contributed by atoms with van der Waals surface area (Å²) >= 11 is 3.17. The maximum Gasteiger partial charge on any atom is 0.308 e. The van der Waals surface area contributed by atoms with Crippen LogP contribution in [0.4, 0.5) is 10.3 Å². The number of aliphatic carboxylic acids is 2. The molecule has 0 radical (unpaired) electrons. The first-order chi connectivity index (χ1) is 29.9. The lowest BCUT2D eigenvalue weighted by atomic mass is 9.98. The van der Waals surface area contributed by atoms with Crippen LogP contribution in [0.3, 0.4) is 0 Å². The van der Waals surface area contributed by atoms with Crippen LogP contribution in [0.25, 0.3) is 33.4 Å². The van der Waals surface area contributed by atoms with Crippen molar-refractivity contribution in [3.63, 3.8) is 0 Å². The molecule has 13 heteroatoms. The molecule has 3 heterocycles. The molecule has 0 aliphatic heterocycles. The SMILES string of the molecule is COc1cccc(-c2nc(NCC(CCc3ccccc3)C(=O)O)sc2C(C)C)c1.COc1cccc(-c2nc(NCC(Cc3cccc4cc[nH]c34)C(=O)O)sc2C(C)C)c1. The highest BCUT2D eigenvalue weighted by atomic mass is 32.1. The monoisotopic (exact) mass is 873 g/mol. The fourth-order valence-electron chi connectivity index (χ4n) is 7.10. The number of aromatic amines is 1. The molecule has 4 aromatic carbocycles. The Labute approximate surface area is 371 Å². The van der Waals surface area contributed by atoms with E-state index in [1.807, 2.05) is 109 Å². The van der Waals surface area contributed by atoms with Crippen LogP contribution in [0, 0.1) is 11.8 Å². The van der Waals surface area contributed by atoms with Crippen LogP contribution < -0.4 is 20.1 Å². The van der Waals surface area contributed by atoms with Gasteiger partial charge >= 0.3 is 11.9 Å². The smallest absolute Gasteiger partial charge is 0.308 e. The highest BCUT2D eigenvalue weighted by Crippen LogP contribution is 2.39. The highest BCUT2D eigenvalue weighted by molar-refractivity contribution is 7.16. The van der Waals surface area contributed by atoms with Crippen molar-refractivity contribution in [3.05, 3.63) is 130 Å². The van der Waals surface area contributed by atoms with E-state index < -0.39 is 23.8 Å². The Morgan fingerprint density at radius 1 is 0.677 bits per heavy atom. The van der Waals surface area contributed by atoms with E-state index in [9.17, 15) is 19.8 Å². The number of aromatic nitrogens is 3. The van der Waals surface area contributed by atoms with Crippen molar-refractivity contribution >= 4 is 55.8 Å². The lowest BCUT2D eigenvalue weighted by Crippen LogP contribution is -2.25. The van der Waals surface area contributed by atoms with E-state index in [0.29, 0.717) is 37.8 Å². The quantitative estimate of drug-likeness (QED) is 0.0529. The Kier molecular flexibility index (Phi) is 15.8. The van der Waals surface area contributed by atoms with E-state index in [1.165, 1.54) is 4.88 Å². The van der Waals surface area contributed by atoms with Crippen molar-refractivity contribution in [2.45, 2.75) is 58.8 Å². The average Bonchev–Trinajstić information content (AvgIpc) is 4.05. The Morgan fingerprint density at radius 3 is 1.73 bits per heavy atom. The molecule has 0 bridgehead atoms. The van der Waals surface area contributed by atoms with Gasteiger partial charge in [0, 0.05) is 45.7 Å². The molecule has 11 nitrogen and oxygen atoms in total. The molecule has 0 spiro atoms. The Morgan fingerprint density at radius 2 is 1.21 bits per heavy atom. The molecule has 0 saturated carbocycles. The summed E-state index contributed by atoms with van der Waals surface area (Å²) < 4.78 is 10.7. The summed E-state index contributed by atoms with van der Waals surface area (Å²) in [6.45, 7) is 9.21. The molecule has 7 rings (SSSR count). The van der Waals surface area contributed by atoms with Crippen molar-refractivity contribution in [3.8, 4) is 34.0 Å². The summed E-state index contributed by atoms with van der Waals surface area (Å²) in [6.07, 6.45) is 3.64. The van der Waals surface area contributed by atoms with Gasteiger partial charge in [0.2, 0.25) is 0 Å². The summed E-state index contributed by atoms with van der Waals surface area (Å²) in [5.74, 6) is -0.479. The first kappa shape index (κ1) is 45.3. The molecule has 0 saturated heterocycles. The van der Waals surface area contributed by atoms with Gasteiger partial charge in [0.05, 0.1) is 37.4 Å². The van der Waals surface area contributed by atoms with Gasteiger partial charge in [-0.1, -0.05) is 100 Å². The molecule has 0 aliphatic rings. The largest absolute Gasteiger partial charge is 0.497 e. The van der Waals surface area contributed by atoms with Crippen LogP contribution in [0.15, 0.2) is 109 Å². The van der Waals surface area contributed by atoms with Gasteiger partial charge in [0.15, 0.2) is 10.3 Å². The number of thiazole rings is 2. The first-order valence-electron chi connectivity index (χ1n) is 20.8. The number of rotatable bonds is 19. The van der Waals surface area contributed by atoms with Gasteiger partial charge in [-0.2, -0.15) is 0 Å². The normalized spacial score (nSPS) is 12.1. The number of hydrogen-bond acceptors (Lipinski definition) is 10. The van der Waals surface area contributed by atoms with Crippen molar-refractivity contribution in [2.75, 3.05) is 37.9 Å². The summed E-state index contributed by atoms with van der Waals surface area (Å²) in [6, 6.07) is 33.7. The van der Waals surface area contributed by atoms with Crippen LogP contribution >= 0.6 is 22.7 Å². The number of methoxy groups -OCH3 is 2. The second-order valence-electron chi connectivity index (χ2n) is 15.7. The molecule has 2 atom stereocenters. The van der Waals surface area contributed by atoms with Gasteiger partial charge in [-0.15, -0.1) is 22.7 Å². The number of carbonyl (C=O) groups is 2. The van der Waals surface area contributed by atoms with E-state index in [-0.39, 0.29) is 0 Å². The molecule has 0 aliphatic carbocycles. The molecular weight excluding hydrogens is 819 g/mol. The number of carboxylic acid groups (broad SMARTS) is 2. The number of benzene rings is 4. The summed E-state index contributed by atoms with van der Waals surface area (Å²) in [5, 5.41) is 28.6. The zero-order chi connectivity index (χ0) is 44.2. The first-order valence-corrected chi connectivity index (χ1v) is 22.4. The molecule has 5 N–H and O–H groups in total. The van der Waals surface area contributed by atoms with Crippen molar-refractivity contribution < 1.29 is 29.3 Å². The molecule has 0 amide bonds. The number of aryl methyl sites for hydroxylation is 1. The minimum absolute atomic E-state index is 0.296. The Bertz CT molecular complexity index is 2550. The topological polar surface area (TPSA) is 159 Å². The van der Waals surface area contributed by atoms with E-state index in [2.05, 4.69) is 43.3 Å². The summed E-state index contributed by atoms with van der Waals surface area (Å²) in [4.78, 5) is 38.9. The molecule has 2 unspecified atom stereocenters. The Balaban J connectivity index is 0.000000207. The van der Waals surface area contributed by atoms with Gasteiger partial charge in [0.25, 0.3) is 0 Å². The highest BCUT2D eigenvalue weighted by Gasteiger charge is 2.23. The molecule has 0 fully saturated rings. The summed E-state index contributed by atoms with van der Waals surface area (Å²) in [5.41, 5.74) is 6.98. The zero-order valence-electron chi connectivity index (χ0n) is 36.0. The van der Waals surface area contributed by atoms with Crippen LogP contribution in [0.5, 0.6) is 11.5 Å². The number of anilines is 2. The minimum atomic E-state index is -0.824. The predicted molar refractivity (Wildman–Crippen MR) is 252 cm³/mol. The third-order valence-corrected chi connectivity index (χ3v) is 13.1. The summed E-state index contributed by atoms with van der Waals surface area (Å²) in [7, 11) is 3.30. The van der Waals surface area contributed by atoms with E-state index in [0.717, 1.165) is 77.6 Å². The van der Waals surface area contributed by atoms with E-state index in [4.69, 9.17) is 19.4 Å². The van der Waals surface area contributed by atoms with Crippen molar-refractivity contribution in [2.24, 2.45) is 11.8 Å². The van der Waals surface area contributed by atoms with Gasteiger partial charge in [-0.3, -0.25) is 9.59 Å². The Hall–Kier alpha value is -6.18. The van der Waals surface area contributed by atoms with Crippen molar-refractivity contribution in [1.82, 2.24) is 15.0 Å². The molecule has 7 aromatic rings. The minimum Gasteiger partial charge on any atom is -0.497 e. The second-order valence-corrected chi connectivity index (χ2v) is 17.7. The van der Waals surface area contributed by atoms with Crippen LogP contribution in [-0.2, 0) is 22.4 Å². The number of ether oxygens (including phenoxy) is 2. The predicted octanol–water partition coefficient (Wildman–Crippen LogP) is 11.5. The number of hydrogen-bond donors (Lipinski definition) is 5. The number of nitrogens with zero attached hydrogens (tertiary/aromatic N) is 2. The average molecular weight is 874 g/mol. The lowest BCUT2D eigenvalue weighted by Gasteiger charge is -2.13. The zero-order valence-corrected chi connectivity index (χ0v) is 37.6. The van der Waals surface area contributed by atoms with Crippen molar-refractivity contribution in [1.29, 1.82) is 0 Å². The molecule has 3 aromatic heterocycles. The number of fused-ring (bicyclic) bond motifs is 1. The molecule has 324 valence electrons. The lowest BCUT2D eigenvalue weighted by molar-refractivity contribution is -0.142. The van der Waals surface area contributed by atoms with Gasteiger partial charge in [-0.05, 0) is 77.9 Å². The van der Waals surface area contributed by atoms with Crippen LogP contribution in [0.1, 0.15) is 66.8 Å². The number of H-pyrrole nitrogens is 1.